The quantitative estimate of drug-likeness (QED) is 0.585. The van der Waals surface area contributed by atoms with Crippen LogP contribution in [-0.4, -0.2) is 52.0 Å². The van der Waals surface area contributed by atoms with Crippen molar-refractivity contribution < 1.29 is 19.4 Å². The van der Waals surface area contributed by atoms with Crippen LogP contribution in [0.25, 0.3) is 0 Å². The van der Waals surface area contributed by atoms with Gasteiger partial charge >= 0.3 is 0 Å². The van der Waals surface area contributed by atoms with Crippen molar-refractivity contribution in [1.29, 1.82) is 0 Å². The molecule has 2 heterocycles. The number of carbonyl (C=O) groups excluding carboxylic acids is 2. The molecule has 1 aromatic heterocycles. The van der Waals surface area contributed by atoms with Crippen molar-refractivity contribution in [3.05, 3.63) is 58.7 Å². The number of benzene rings is 1. The van der Waals surface area contributed by atoms with Crippen molar-refractivity contribution in [1.82, 2.24) is 15.2 Å². The second-order valence-electron chi connectivity index (χ2n) is 10.5. The average Bonchev–Trinajstić information content (AvgIpc) is 2.79. The monoisotopic (exact) mass is 501 g/mol. The lowest BCUT2D eigenvalue weighted by Crippen LogP contribution is -2.60. The van der Waals surface area contributed by atoms with Crippen molar-refractivity contribution in [3.63, 3.8) is 0 Å². The predicted octanol–water partition coefficient (Wildman–Crippen LogP) is 4.42. The molecule has 2 atom stereocenters. The number of pyridine rings is 1. The van der Waals surface area contributed by atoms with Crippen LogP contribution in [0.5, 0.6) is 5.88 Å². The van der Waals surface area contributed by atoms with Crippen LogP contribution in [0.15, 0.2) is 42.6 Å². The molecule has 0 bridgehead atoms. The van der Waals surface area contributed by atoms with Crippen molar-refractivity contribution in [3.8, 4) is 5.88 Å². The highest BCUT2D eigenvalue weighted by Gasteiger charge is 2.50. The molecule has 0 spiro atoms. The third-order valence-electron chi connectivity index (χ3n) is 6.66. The maximum absolute atomic E-state index is 13.5. The van der Waals surface area contributed by atoms with Gasteiger partial charge in [0.05, 0.1) is 17.3 Å². The number of rotatable bonds is 7. The van der Waals surface area contributed by atoms with E-state index in [1.807, 2.05) is 53.7 Å². The third-order valence-corrected chi connectivity index (χ3v) is 6.91. The van der Waals surface area contributed by atoms with Gasteiger partial charge < -0.3 is 20.1 Å². The van der Waals surface area contributed by atoms with Gasteiger partial charge in [-0.15, -0.1) is 0 Å². The molecule has 0 aliphatic carbocycles. The fraction of sp³-hybridized carbons (Fsp3) is 0.519. The summed E-state index contributed by atoms with van der Waals surface area (Å²) in [7, 11) is 0. The first-order chi connectivity index (χ1) is 16.3. The minimum absolute atomic E-state index is 0.0174. The first-order valence-electron chi connectivity index (χ1n) is 12.0. The highest BCUT2D eigenvalue weighted by Crippen LogP contribution is 2.46. The molecule has 2 N–H and O–H groups in total. The maximum Gasteiger partial charge on any atom is 0.253 e. The van der Waals surface area contributed by atoms with E-state index in [-0.39, 0.29) is 23.8 Å². The number of hydrogen-bond acceptors (Lipinski definition) is 5. The molecule has 7 nitrogen and oxygen atoms in total. The lowest BCUT2D eigenvalue weighted by Gasteiger charge is -2.51. The van der Waals surface area contributed by atoms with Crippen molar-refractivity contribution in [2.24, 2.45) is 11.3 Å². The fourth-order valence-corrected chi connectivity index (χ4v) is 4.66. The SMILES string of the molecule is CC(C)Oc1ccc(C(=O)NC(C(=O)N2CCC(O)(c3ccc(Cl)cc3)C(C)(C)C2)C(C)C)cn1. The smallest absolute Gasteiger partial charge is 0.253 e. The summed E-state index contributed by atoms with van der Waals surface area (Å²) < 4.78 is 5.53. The van der Waals surface area contributed by atoms with Gasteiger partial charge in [0, 0.05) is 35.8 Å². The van der Waals surface area contributed by atoms with Crippen molar-refractivity contribution in [2.45, 2.75) is 65.7 Å². The Bertz CT molecular complexity index is 1040. The molecule has 3 rings (SSSR count). The topological polar surface area (TPSA) is 91.8 Å². The number of amides is 2. The Labute approximate surface area is 212 Å². The number of piperidine rings is 1. The van der Waals surface area contributed by atoms with Gasteiger partial charge in [0.15, 0.2) is 0 Å². The van der Waals surface area contributed by atoms with Gasteiger partial charge in [-0.05, 0) is 49.9 Å². The number of halogens is 1. The largest absolute Gasteiger partial charge is 0.475 e. The predicted molar refractivity (Wildman–Crippen MR) is 136 cm³/mol. The summed E-state index contributed by atoms with van der Waals surface area (Å²) >= 11 is 6.03. The second-order valence-corrected chi connectivity index (χ2v) is 10.9. The number of aliphatic hydroxyl groups is 1. The van der Waals surface area contributed by atoms with E-state index in [1.165, 1.54) is 6.20 Å². The molecule has 0 radical (unpaired) electrons. The number of ether oxygens (including phenoxy) is 1. The lowest BCUT2D eigenvalue weighted by atomic mass is 9.66. The Morgan fingerprint density at radius 2 is 1.77 bits per heavy atom. The van der Waals surface area contributed by atoms with Crippen LogP contribution in [0.2, 0.25) is 5.02 Å². The molecule has 8 heteroatoms. The van der Waals surface area contributed by atoms with Gasteiger partial charge in [-0.1, -0.05) is 51.4 Å². The van der Waals surface area contributed by atoms with E-state index >= 15 is 0 Å². The van der Waals surface area contributed by atoms with Gasteiger partial charge in [-0.2, -0.15) is 0 Å². The average molecular weight is 502 g/mol. The highest BCUT2D eigenvalue weighted by molar-refractivity contribution is 6.30. The van der Waals surface area contributed by atoms with Gasteiger partial charge in [0.2, 0.25) is 11.8 Å². The zero-order valence-corrected chi connectivity index (χ0v) is 22.1. The minimum Gasteiger partial charge on any atom is -0.475 e. The Hall–Kier alpha value is -2.64. The van der Waals surface area contributed by atoms with Gasteiger partial charge in [0.1, 0.15) is 6.04 Å². The van der Waals surface area contributed by atoms with Crippen molar-refractivity contribution >= 4 is 23.4 Å². The summed E-state index contributed by atoms with van der Waals surface area (Å²) in [5.41, 5.74) is -0.576. The number of aromatic nitrogens is 1. The lowest BCUT2D eigenvalue weighted by molar-refractivity contribution is -0.155. The van der Waals surface area contributed by atoms with E-state index in [2.05, 4.69) is 10.3 Å². The molecule has 1 aliphatic rings. The molecule has 2 unspecified atom stereocenters. The normalized spacial score (nSPS) is 20.6. The summed E-state index contributed by atoms with van der Waals surface area (Å²) in [5, 5.41) is 15.1. The fourth-order valence-electron chi connectivity index (χ4n) is 4.53. The summed E-state index contributed by atoms with van der Waals surface area (Å²) in [5.74, 6) is -0.207. The van der Waals surface area contributed by atoms with Crippen LogP contribution in [0.1, 0.15) is 63.9 Å². The number of likely N-dealkylation sites (tertiary alicyclic amines) is 1. The highest BCUT2D eigenvalue weighted by atomic mass is 35.5. The third kappa shape index (κ3) is 5.96. The minimum atomic E-state index is -1.10. The molecular formula is C27H36ClN3O4. The zero-order chi connectivity index (χ0) is 26.0. The van der Waals surface area contributed by atoms with Crippen LogP contribution in [0.4, 0.5) is 0 Å². The number of hydrogen-bond donors (Lipinski definition) is 2. The first kappa shape index (κ1) is 27.0. The summed E-state index contributed by atoms with van der Waals surface area (Å²) in [6, 6.07) is 9.79. The molecular weight excluding hydrogens is 466 g/mol. The summed E-state index contributed by atoms with van der Waals surface area (Å²) in [6.07, 6.45) is 1.81. The Kier molecular flexibility index (Phi) is 8.12. The molecule has 1 aliphatic heterocycles. The molecule has 190 valence electrons. The van der Waals surface area contributed by atoms with Crippen LogP contribution in [-0.2, 0) is 10.4 Å². The standard InChI is InChI=1S/C27H36ClN3O4/c1-17(2)23(30-24(32)19-7-12-22(29-15-19)35-18(3)4)25(33)31-14-13-27(34,26(5,6)16-31)20-8-10-21(28)11-9-20/h7-12,15,17-18,23,34H,13-14,16H2,1-6H3,(H,30,32). The zero-order valence-electron chi connectivity index (χ0n) is 21.3. The van der Waals surface area contributed by atoms with E-state index in [1.54, 1.807) is 29.2 Å². The molecule has 1 aromatic carbocycles. The summed E-state index contributed by atoms with van der Waals surface area (Å²) in [6.45, 7) is 12.3. The first-order valence-corrected chi connectivity index (χ1v) is 12.4. The number of carbonyl (C=O) groups is 2. The van der Waals surface area contributed by atoms with Gasteiger partial charge in [-0.3, -0.25) is 9.59 Å². The van der Waals surface area contributed by atoms with E-state index in [0.29, 0.717) is 36.0 Å². The van der Waals surface area contributed by atoms with Crippen LogP contribution in [0, 0.1) is 11.3 Å². The van der Waals surface area contributed by atoms with Crippen LogP contribution < -0.4 is 10.1 Å². The molecule has 2 aromatic rings. The molecule has 35 heavy (non-hydrogen) atoms. The van der Waals surface area contributed by atoms with E-state index in [0.717, 1.165) is 5.56 Å². The molecule has 1 fully saturated rings. The van der Waals surface area contributed by atoms with E-state index in [9.17, 15) is 14.7 Å². The maximum atomic E-state index is 13.5. The van der Waals surface area contributed by atoms with Crippen molar-refractivity contribution in [2.75, 3.05) is 13.1 Å². The number of nitrogens with one attached hydrogen (secondary N) is 1. The second kappa shape index (κ2) is 10.5. The van der Waals surface area contributed by atoms with E-state index < -0.39 is 17.1 Å². The van der Waals surface area contributed by atoms with Crippen LogP contribution >= 0.6 is 11.6 Å². The Morgan fingerprint density at radius 1 is 1.11 bits per heavy atom. The molecule has 1 saturated heterocycles. The van der Waals surface area contributed by atoms with E-state index in [4.69, 9.17) is 16.3 Å². The Balaban J connectivity index is 1.72. The Morgan fingerprint density at radius 3 is 2.29 bits per heavy atom. The molecule has 0 saturated carbocycles. The van der Waals surface area contributed by atoms with Gasteiger partial charge in [-0.25, -0.2) is 4.98 Å². The molecule has 2 amide bonds. The van der Waals surface area contributed by atoms with Crippen LogP contribution in [0.3, 0.4) is 0 Å². The van der Waals surface area contributed by atoms with Gasteiger partial charge in [0.25, 0.3) is 5.91 Å². The summed E-state index contributed by atoms with van der Waals surface area (Å²) in [4.78, 5) is 32.4. The number of nitrogens with zero attached hydrogens (tertiary/aromatic N) is 2.